The molecule has 2 heterocycles. The third kappa shape index (κ3) is 3.84. The van der Waals surface area contributed by atoms with Crippen molar-refractivity contribution in [1.29, 1.82) is 0 Å². The van der Waals surface area contributed by atoms with Gasteiger partial charge in [-0.1, -0.05) is 17.7 Å². The average Bonchev–Trinajstić information content (AvgIpc) is 2.98. The zero-order valence-corrected chi connectivity index (χ0v) is 13.0. The highest BCUT2D eigenvalue weighted by Crippen LogP contribution is 2.21. The molecule has 2 aromatic rings. The first-order chi connectivity index (χ1) is 10.7. The molecule has 0 spiro atoms. The van der Waals surface area contributed by atoms with Crippen LogP contribution in [0.2, 0.25) is 5.02 Å². The van der Waals surface area contributed by atoms with Crippen molar-refractivity contribution in [2.24, 2.45) is 0 Å². The van der Waals surface area contributed by atoms with Gasteiger partial charge in [0.05, 0.1) is 13.2 Å². The molecule has 0 aliphatic carbocycles. The number of hydrogen-bond acceptors (Lipinski definition) is 6. The predicted octanol–water partition coefficient (Wildman–Crippen LogP) is 1.50. The van der Waals surface area contributed by atoms with Crippen molar-refractivity contribution >= 4 is 11.6 Å². The Labute approximate surface area is 134 Å². The number of hydrogen-bond donors (Lipinski definition) is 1. The van der Waals surface area contributed by atoms with E-state index in [-0.39, 0.29) is 6.61 Å². The zero-order valence-electron chi connectivity index (χ0n) is 12.3. The molecule has 1 saturated heterocycles. The van der Waals surface area contributed by atoms with Gasteiger partial charge in [-0.05, 0) is 18.2 Å². The number of piperazine rings is 1. The minimum Gasteiger partial charge on any atom is -0.419 e. The summed E-state index contributed by atoms with van der Waals surface area (Å²) in [6.07, 6.45) is 0. The normalized spacial score (nSPS) is 17.0. The van der Waals surface area contributed by atoms with Crippen LogP contribution >= 0.6 is 11.6 Å². The summed E-state index contributed by atoms with van der Waals surface area (Å²) in [6.45, 7) is 5.40. The van der Waals surface area contributed by atoms with Crippen molar-refractivity contribution in [2.45, 2.75) is 6.54 Å². The van der Waals surface area contributed by atoms with Crippen LogP contribution in [0.15, 0.2) is 28.7 Å². The second kappa shape index (κ2) is 7.19. The molecular formula is C15H19ClN4O2. The molecule has 6 nitrogen and oxygen atoms in total. The standard InChI is InChI=1S/C15H19ClN4O2/c16-13-3-1-2-12(10-13)15-18-17-14(22-15)11-20-6-4-19(5-7-20)8-9-21/h1-3,10,21H,4-9,11H2. The fraction of sp³-hybridized carbons (Fsp3) is 0.467. The van der Waals surface area contributed by atoms with Gasteiger partial charge in [0.1, 0.15) is 0 Å². The van der Waals surface area contributed by atoms with Gasteiger partial charge >= 0.3 is 0 Å². The Balaban J connectivity index is 1.58. The Morgan fingerprint density at radius 1 is 1.14 bits per heavy atom. The molecule has 0 saturated carbocycles. The van der Waals surface area contributed by atoms with E-state index in [1.807, 2.05) is 24.3 Å². The maximum Gasteiger partial charge on any atom is 0.247 e. The van der Waals surface area contributed by atoms with Crippen molar-refractivity contribution in [1.82, 2.24) is 20.0 Å². The number of aliphatic hydroxyl groups is 1. The van der Waals surface area contributed by atoms with Crippen molar-refractivity contribution < 1.29 is 9.52 Å². The maximum atomic E-state index is 8.95. The smallest absolute Gasteiger partial charge is 0.247 e. The number of aliphatic hydroxyl groups excluding tert-OH is 1. The zero-order chi connectivity index (χ0) is 15.4. The molecule has 0 amide bonds. The monoisotopic (exact) mass is 322 g/mol. The van der Waals surface area contributed by atoms with Crippen LogP contribution in [0.1, 0.15) is 5.89 Å². The number of nitrogens with zero attached hydrogens (tertiary/aromatic N) is 4. The SMILES string of the molecule is OCCN1CCN(Cc2nnc(-c3cccc(Cl)c3)o2)CC1. The van der Waals surface area contributed by atoms with Crippen molar-refractivity contribution in [3.8, 4) is 11.5 Å². The van der Waals surface area contributed by atoms with Crippen LogP contribution in [-0.4, -0.2) is 64.4 Å². The van der Waals surface area contributed by atoms with Crippen LogP contribution in [0.4, 0.5) is 0 Å². The first-order valence-corrected chi connectivity index (χ1v) is 7.76. The molecule has 1 aromatic carbocycles. The van der Waals surface area contributed by atoms with Gasteiger partial charge in [0, 0.05) is 43.3 Å². The predicted molar refractivity (Wildman–Crippen MR) is 83.5 cm³/mol. The van der Waals surface area contributed by atoms with Crippen LogP contribution in [0.25, 0.3) is 11.5 Å². The van der Waals surface area contributed by atoms with E-state index in [2.05, 4.69) is 20.0 Å². The van der Waals surface area contributed by atoms with Crippen LogP contribution in [0.3, 0.4) is 0 Å². The summed E-state index contributed by atoms with van der Waals surface area (Å²) in [5.74, 6) is 1.11. The van der Waals surface area contributed by atoms with Crippen molar-refractivity contribution in [3.63, 3.8) is 0 Å². The minimum atomic E-state index is 0.215. The summed E-state index contributed by atoms with van der Waals surface area (Å²) in [5, 5.41) is 17.8. The molecule has 1 aliphatic rings. The summed E-state index contributed by atoms with van der Waals surface area (Å²) < 4.78 is 5.73. The molecule has 7 heteroatoms. The Morgan fingerprint density at radius 2 is 1.91 bits per heavy atom. The number of β-amino-alcohol motifs (C(OH)–C–C–N with tert-alkyl or cyclic N) is 1. The largest absolute Gasteiger partial charge is 0.419 e. The van der Waals surface area contributed by atoms with E-state index in [9.17, 15) is 0 Å². The summed E-state index contributed by atoms with van der Waals surface area (Å²) in [7, 11) is 0. The lowest BCUT2D eigenvalue weighted by molar-refractivity contribution is 0.103. The van der Waals surface area contributed by atoms with E-state index < -0.39 is 0 Å². The molecule has 22 heavy (non-hydrogen) atoms. The highest BCUT2D eigenvalue weighted by atomic mass is 35.5. The lowest BCUT2D eigenvalue weighted by Gasteiger charge is -2.33. The van der Waals surface area contributed by atoms with Crippen LogP contribution in [0.5, 0.6) is 0 Å². The van der Waals surface area contributed by atoms with E-state index in [1.54, 1.807) is 0 Å². The maximum absolute atomic E-state index is 8.95. The fourth-order valence-corrected chi connectivity index (χ4v) is 2.75. The summed E-state index contributed by atoms with van der Waals surface area (Å²) in [4.78, 5) is 4.53. The van der Waals surface area contributed by atoms with Gasteiger partial charge in [-0.3, -0.25) is 9.80 Å². The lowest BCUT2D eigenvalue weighted by Crippen LogP contribution is -2.46. The van der Waals surface area contributed by atoms with Gasteiger partial charge < -0.3 is 9.52 Å². The van der Waals surface area contributed by atoms with Gasteiger partial charge in [0.15, 0.2) is 0 Å². The first-order valence-electron chi connectivity index (χ1n) is 7.38. The highest BCUT2D eigenvalue weighted by molar-refractivity contribution is 6.30. The minimum absolute atomic E-state index is 0.215. The molecular weight excluding hydrogens is 304 g/mol. The molecule has 118 valence electrons. The van der Waals surface area contributed by atoms with Gasteiger partial charge in [0.2, 0.25) is 11.8 Å². The Hall–Kier alpha value is -1.47. The second-order valence-electron chi connectivity index (χ2n) is 5.35. The van der Waals surface area contributed by atoms with Gasteiger partial charge in [-0.2, -0.15) is 0 Å². The van der Waals surface area contributed by atoms with Crippen molar-refractivity contribution in [3.05, 3.63) is 35.2 Å². The molecule has 0 atom stereocenters. The van der Waals surface area contributed by atoms with E-state index in [0.29, 0.717) is 23.3 Å². The molecule has 3 rings (SSSR count). The molecule has 0 radical (unpaired) electrons. The number of aromatic nitrogens is 2. The summed E-state index contributed by atoms with van der Waals surface area (Å²) >= 11 is 5.98. The fourth-order valence-electron chi connectivity index (χ4n) is 2.56. The number of rotatable bonds is 5. The lowest BCUT2D eigenvalue weighted by atomic mass is 10.2. The topological polar surface area (TPSA) is 65.6 Å². The quantitative estimate of drug-likeness (QED) is 0.900. The van der Waals surface area contributed by atoms with Gasteiger partial charge in [-0.25, -0.2) is 0 Å². The number of benzene rings is 1. The molecule has 1 N–H and O–H groups in total. The Morgan fingerprint density at radius 3 is 2.64 bits per heavy atom. The van der Waals surface area contributed by atoms with Gasteiger partial charge in [0.25, 0.3) is 0 Å². The second-order valence-corrected chi connectivity index (χ2v) is 5.79. The Kier molecular flexibility index (Phi) is 5.04. The first kappa shape index (κ1) is 15.4. The van der Waals surface area contributed by atoms with E-state index in [4.69, 9.17) is 21.1 Å². The molecule has 1 aliphatic heterocycles. The van der Waals surface area contributed by atoms with Crippen molar-refractivity contribution in [2.75, 3.05) is 39.3 Å². The Bertz CT molecular complexity index is 611. The van der Waals surface area contributed by atoms with E-state index >= 15 is 0 Å². The van der Waals surface area contributed by atoms with Gasteiger partial charge in [-0.15, -0.1) is 10.2 Å². The van der Waals surface area contributed by atoms with E-state index in [0.717, 1.165) is 38.3 Å². The molecule has 0 bridgehead atoms. The molecule has 0 unspecified atom stereocenters. The average molecular weight is 323 g/mol. The molecule has 1 aromatic heterocycles. The summed E-state index contributed by atoms with van der Waals surface area (Å²) in [5.41, 5.74) is 0.832. The van der Waals surface area contributed by atoms with Crippen LogP contribution < -0.4 is 0 Å². The highest BCUT2D eigenvalue weighted by Gasteiger charge is 2.19. The number of halogens is 1. The third-order valence-corrected chi connectivity index (χ3v) is 4.01. The van der Waals surface area contributed by atoms with Crippen LogP contribution in [0, 0.1) is 0 Å². The third-order valence-electron chi connectivity index (χ3n) is 3.78. The molecule has 1 fully saturated rings. The van der Waals surface area contributed by atoms with Crippen LogP contribution in [-0.2, 0) is 6.54 Å². The summed E-state index contributed by atoms with van der Waals surface area (Å²) in [6, 6.07) is 7.39. The van der Waals surface area contributed by atoms with E-state index in [1.165, 1.54) is 0 Å².